The fourth-order valence-electron chi connectivity index (χ4n) is 4.06. The number of likely N-dealkylation sites (tertiary alicyclic amines) is 1. The molecule has 4 rings (SSSR count). The Morgan fingerprint density at radius 1 is 1.13 bits per heavy atom. The number of hydrogen-bond acceptors (Lipinski definition) is 3. The molecule has 2 heterocycles. The number of hydrogen-bond donors (Lipinski definition) is 0. The van der Waals surface area contributed by atoms with E-state index in [0.717, 1.165) is 63.6 Å². The quantitative estimate of drug-likeness (QED) is 0.402. The minimum Gasteiger partial charge on any atom is -0.496 e. The van der Waals surface area contributed by atoms with Crippen LogP contribution in [0, 0.1) is 0 Å². The molecular weight excluding hydrogens is 442 g/mol. The Hall–Kier alpha value is -2.53. The van der Waals surface area contributed by atoms with Crippen LogP contribution in [0.3, 0.4) is 0 Å². The Labute approximate surface area is 185 Å². The summed E-state index contributed by atoms with van der Waals surface area (Å²) in [5.74, 6) is 0.783. The molecule has 1 saturated heterocycles. The van der Waals surface area contributed by atoms with E-state index in [9.17, 15) is 4.79 Å². The summed E-state index contributed by atoms with van der Waals surface area (Å²) in [6.45, 7) is 3.65. The summed E-state index contributed by atoms with van der Waals surface area (Å²) in [5, 5.41) is 0.999. The number of rotatable bonds is 4. The third kappa shape index (κ3) is 4.31. The van der Waals surface area contributed by atoms with E-state index in [1.807, 2.05) is 30.0 Å². The second-order valence-corrected chi connectivity index (χ2v) is 8.69. The standard InChI is InChI=1S/C25H26BrNO3/c1-17(12-25(28)27-10-5-3-4-6-11-27)20-14-21-22(18-8-7-9-19(26)13-18)16-30-24(21)15-23(20)29-2/h7-9,12-16H,3-6,10-11H2,1-2H3/b17-12+. The molecule has 1 aliphatic heterocycles. The molecule has 30 heavy (non-hydrogen) atoms. The van der Waals surface area contributed by atoms with Crippen molar-refractivity contribution in [3.63, 3.8) is 0 Å². The lowest BCUT2D eigenvalue weighted by atomic mass is 9.99. The molecule has 0 saturated carbocycles. The lowest BCUT2D eigenvalue weighted by Crippen LogP contribution is -2.30. The second-order valence-electron chi connectivity index (χ2n) is 7.78. The van der Waals surface area contributed by atoms with Gasteiger partial charge >= 0.3 is 0 Å². The van der Waals surface area contributed by atoms with Crippen LogP contribution < -0.4 is 4.74 Å². The highest BCUT2D eigenvalue weighted by atomic mass is 79.9. The van der Waals surface area contributed by atoms with Gasteiger partial charge in [-0.15, -0.1) is 0 Å². The lowest BCUT2D eigenvalue weighted by molar-refractivity contribution is -0.125. The highest BCUT2D eigenvalue weighted by molar-refractivity contribution is 9.10. The summed E-state index contributed by atoms with van der Waals surface area (Å²) >= 11 is 3.54. The fourth-order valence-corrected chi connectivity index (χ4v) is 4.46. The topological polar surface area (TPSA) is 42.7 Å². The van der Waals surface area contributed by atoms with Crippen molar-refractivity contribution in [1.29, 1.82) is 0 Å². The minimum absolute atomic E-state index is 0.0796. The Bertz CT molecular complexity index is 1090. The molecule has 0 aliphatic carbocycles. The summed E-state index contributed by atoms with van der Waals surface area (Å²) in [6, 6.07) is 12.1. The number of furan rings is 1. The second kappa shape index (κ2) is 9.09. The van der Waals surface area contributed by atoms with Gasteiger partial charge in [-0.3, -0.25) is 4.79 Å². The molecule has 0 N–H and O–H groups in total. The molecule has 0 unspecified atom stereocenters. The SMILES string of the molecule is COc1cc2occ(-c3cccc(Br)c3)c2cc1/C(C)=C/C(=O)N1CCCCCC1. The fraction of sp³-hybridized carbons (Fsp3) is 0.320. The van der Waals surface area contributed by atoms with Gasteiger partial charge in [-0.2, -0.15) is 0 Å². The normalized spacial score (nSPS) is 15.3. The van der Waals surface area contributed by atoms with E-state index >= 15 is 0 Å². The number of carbonyl (C=O) groups is 1. The predicted octanol–water partition coefficient (Wildman–Crippen LogP) is 6.68. The smallest absolute Gasteiger partial charge is 0.246 e. The molecule has 2 aromatic carbocycles. The average molecular weight is 468 g/mol. The molecule has 1 fully saturated rings. The lowest BCUT2D eigenvalue weighted by Gasteiger charge is -2.19. The van der Waals surface area contributed by atoms with Crippen LogP contribution in [0.4, 0.5) is 0 Å². The van der Waals surface area contributed by atoms with Crippen molar-refractivity contribution in [3.8, 4) is 16.9 Å². The number of nitrogens with zero attached hydrogens (tertiary/aromatic N) is 1. The van der Waals surface area contributed by atoms with Gasteiger partial charge in [0.1, 0.15) is 11.3 Å². The minimum atomic E-state index is 0.0796. The summed E-state index contributed by atoms with van der Waals surface area (Å²) in [5.41, 5.74) is 4.65. The van der Waals surface area contributed by atoms with Crippen LogP contribution in [0.25, 0.3) is 27.7 Å². The summed E-state index contributed by atoms with van der Waals surface area (Å²) in [4.78, 5) is 14.8. The number of amides is 1. The highest BCUT2D eigenvalue weighted by Crippen LogP contribution is 2.38. The first-order chi connectivity index (χ1) is 14.6. The van der Waals surface area contributed by atoms with Crippen molar-refractivity contribution < 1.29 is 13.9 Å². The summed E-state index contributed by atoms with van der Waals surface area (Å²) in [6.07, 6.45) is 8.09. The summed E-state index contributed by atoms with van der Waals surface area (Å²) < 4.78 is 12.5. The predicted molar refractivity (Wildman–Crippen MR) is 125 cm³/mol. The van der Waals surface area contributed by atoms with Gasteiger partial charge < -0.3 is 14.1 Å². The number of halogens is 1. The van der Waals surface area contributed by atoms with Crippen LogP contribution in [0.2, 0.25) is 0 Å². The Balaban J connectivity index is 1.73. The van der Waals surface area contributed by atoms with Crippen molar-refractivity contribution in [2.24, 2.45) is 0 Å². The van der Waals surface area contributed by atoms with E-state index in [4.69, 9.17) is 9.15 Å². The number of carbonyl (C=O) groups excluding carboxylic acids is 1. The monoisotopic (exact) mass is 467 g/mol. The Morgan fingerprint density at radius 3 is 2.60 bits per heavy atom. The van der Waals surface area contributed by atoms with Gasteiger partial charge in [-0.25, -0.2) is 0 Å². The molecule has 3 aromatic rings. The summed E-state index contributed by atoms with van der Waals surface area (Å²) in [7, 11) is 1.65. The van der Waals surface area contributed by atoms with Crippen LogP contribution in [-0.2, 0) is 4.79 Å². The number of methoxy groups -OCH3 is 1. The van der Waals surface area contributed by atoms with E-state index < -0.39 is 0 Å². The molecule has 1 amide bonds. The van der Waals surface area contributed by atoms with Gasteiger partial charge in [0.05, 0.1) is 13.4 Å². The van der Waals surface area contributed by atoms with E-state index in [0.29, 0.717) is 5.75 Å². The molecule has 4 nitrogen and oxygen atoms in total. The first-order valence-electron chi connectivity index (χ1n) is 10.4. The van der Waals surface area contributed by atoms with E-state index in [2.05, 4.69) is 34.1 Å². The maximum atomic E-state index is 12.9. The van der Waals surface area contributed by atoms with Crippen LogP contribution in [0.5, 0.6) is 5.75 Å². The Kier molecular flexibility index (Phi) is 6.28. The van der Waals surface area contributed by atoms with Gasteiger partial charge in [-0.1, -0.05) is 40.9 Å². The molecule has 0 bridgehead atoms. The van der Waals surface area contributed by atoms with E-state index in [1.54, 1.807) is 19.4 Å². The van der Waals surface area contributed by atoms with Gasteiger partial charge in [0, 0.05) is 46.2 Å². The number of allylic oxidation sites excluding steroid dienone is 1. The number of ether oxygens (including phenoxy) is 1. The zero-order chi connectivity index (χ0) is 21.1. The van der Waals surface area contributed by atoms with Crippen molar-refractivity contribution in [1.82, 2.24) is 4.90 Å². The molecule has 5 heteroatoms. The largest absolute Gasteiger partial charge is 0.496 e. The van der Waals surface area contributed by atoms with E-state index in [-0.39, 0.29) is 5.91 Å². The van der Waals surface area contributed by atoms with Crippen molar-refractivity contribution in [2.75, 3.05) is 20.2 Å². The van der Waals surface area contributed by atoms with Gasteiger partial charge in [-0.05, 0) is 49.1 Å². The van der Waals surface area contributed by atoms with Crippen molar-refractivity contribution >= 4 is 38.4 Å². The van der Waals surface area contributed by atoms with Crippen LogP contribution >= 0.6 is 15.9 Å². The molecule has 0 atom stereocenters. The molecule has 0 radical (unpaired) electrons. The van der Waals surface area contributed by atoms with Crippen LogP contribution in [-0.4, -0.2) is 31.0 Å². The van der Waals surface area contributed by atoms with Gasteiger partial charge in [0.15, 0.2) is 0 Å². The Morgan fingerprint density at radius 2 is 1.90 bits per heavy atom. The zero-order valence-electron chi connectivity index (χ0n) is 17.4. The maximum Gasteiger partial charge on any atom is 0.246 e. The first kappa shape index (κ1) is 20.7. The van der Waals surface area contributed by atoms with E-state index in [1.165, 1.54) is 12.8 Å². The molecule has 0 spiro atoms. The zero-order valence-corrected chi connectivity index (χ0v) is 19.0. The number of fused-ring (bicyclic) bond motifs is 1. The van der Waals surface area contributed by atoms with Crippen LogP contribution in [0.1, 0.15) is 38.2 Å². The maximum absolute atomic E-state index is 12.9. The number of benzene rings is 2. The molecule has 1 aromatic heterocycles. The average Bonchev–Trinajstić information content (AvgIpc) is 2.96. The molecule has 156 valence electrons. The highest BCUT2D eigenvalue weighted by Gasteiger charge is 2.17. The molecule has 1 aliphatic rings. The first-order valence-corrected chi connectivity index (χ1v) is 11.2. The molecular formula is C25H26BrNO3. The van der Waals surface area contributed by atoms with Gasteiger partial charge in [0.25, 0.3) is 0 Å². The van der Waals surface area contributed by atoms with Crippen molar-refractivity contribution in [2.45, 2.75) is 32.6 Å². The van der Waals surface area contributed by atoms with Crippen molar-refractivity contribution in [3.05, 3.63) is 58.8 Å². The third-order valence-electron chi connectivity index (χ3n) is 5.71. The third-order valence-corrected chi connectivity index (χ3v) is 6.21. The van der Waals surface area contributed by atoms with Gasteiger partial charge in [0.2, 0.25) is 5.91 Å². The van der Waals surface area contributed by atoms with Crippen LogP contribution in [0.15, 0.2) is 57.6 Å².